The van der Waals surface area contributed by atoms with Crippen LogP contribution in [-0.2, 0) is 6.42 Å². The second-order valence-electron chi connectivity index (χ2n) is 4.99. The van der Waals surface area contributed by atoms with Gasteiger partial charge >= 0.3 is 0 Å². The van der Waals surface area contributed by atoms with Gasteiger partial charge in [-0.1, -0.05) is 23.7 Å². The van der Waals surface area contributed by atoms with Crippen molar-refractivity contribution >= 4 is 17.4 Å². The lowest BCUT2D eigenvalue weighted by Crippen LogP contribution is -2.12. The molecule has 0 spiro atoms. The zero-order chi connectivity index (χ0) is 13.4. The van der Waals surface area contributed by atoms with Crippen molar-refractivity contribution in [2.24, 2.45) is 0 Å². The van der Waals surface area contributed by atoms with Gasteiger partial charge in [0, 0.05) is 11.8 Å². The lowest BCUT2D eigenvalue weighted by atomic mass is 9.94. The molecule has 1 aliphatic carbocycles. The molecule has 0 radical (unpaired) electrons. The maximum atomic E-state index is 12.6. The van der Waals surface area contributed by atoms with Crippen molar-refractivity contribution in [2.45, 2.75) is 25.7 Å². The van der Waals surface area contributed by atoms with Gasteiger partial charge in [0.05, 0.1) is 16.6 Å². The van der Waals surface area contributed by atoms with Crippen LogP contribution in [0.1, 0.15) is 39.5 Å². The summed E-state index contributed by atoms with van der Waals surface area (Å²) in [6.45, 7) is 1.96. The lowest BCUT2D eigenvalue weighted by molar-refractivity contribution is 0.0958. The molecule has 0 saturated heterocycles. The van der Waals surface area contributed by atoms with Crippen molar-refractivity contribution in [1.29, 1.82) is 0 Å². The van der Waals surface area contributed by atoms with Crippen molar-refractivity contribution in [3.05, 3.63) is 63.9 Å². The first-order valence-electron chi connectivity index (χ1n) is 6.41. The number of Topliss-reactive ketones (excluding diaryl/α,β-unsaturated/α-hetero) is 1. The van der Waals surface area contributed by atoms with Gasteiger partial charge in [-0.25, -0.2) is 0 Å². The maximum Gasteiger partial charge on any atom is 0.173 e. The number of hydrogen-bond acceptors (Lipinski definition) is 2. The summed E-state index contributed by atoms with van der Waals surface area (Å²) in [4.78, 5) is 17.0. The molecule has 1 atom stereocenters. The van der Waals surface area contributed by atoms with Gasteiger partial charge < -0.3 is 0 Å². The monoisotopic (exact) mass is 271 g/mol. The number of fused-ring (bicyclic) bond motifs is 1. The van der Waals surface area contributed by atoms with Crippen LogP contribution < -0.4 is 0 Å². The Bertz CT molecular complexity index is 651. The maximum absolute atomic E-state index is 12.6. The number of ketones is 1. The third-order valence-electron chi connectivity index (χ3n) is 3.67. The predicted molar refractivity (Wildman–Crippen MR) is 75.8 cm³/mol. The first-order valence-corrected chi connectivity index (χ1v) is 6.79. The third kappa shape index (κ3) is 2.17. The van der Waals surface area contributed by atoms with E-state index in [9.17, 15) is 4.79 Å². The van der Waals surface area contributed by atoms with Crippen LogP contribution >= 0.6 is 11.6 Å². The van der Waals surface area contributed by atoms with Crippen LogP contribution in [0.25, 0.3) is 0 Å². The number of benzene rings is 1. The standard InChI is InChI=1S/C16H14ClNO/c1-10-4-6-12(14(17)9-10)16(19)13-7-5-11-3-2-8-18-15(11)13/h2-4,6,8-9,13H,5,7H2,1H3. The average Bonchev–Trinajstić information content (AvgIpc) is 2.82. The van der Waals surface area contributed by atoms with Gasteiger partial charge in [0.25, 0.3) is 0 Å². The molecule has 0 aliphatic heterocycles. The quantitative estimate of drug-likeness (QED) is 0.774. The van der Waals surface area contributed by atoms with Crippen LogP contribution in [0.4, 0.5) is 0 Å². The van der Waals surface area contributed by atoms with Gasteiger partial charge in [-0.2, -0.15) is 0 Å². The number of carbonyl (C=O) groups is 1. The molecule has 2 nitrogen and oxygen atoms in total. The van der Waals surface area contributed by atoms with E-state index in [0.29, 0.717) is 10.6 Å². The SMILES string of the molecule is Cc1ccc(C(=O)C2CCc3cccnc32)c(Cl)c1. The van der Waals surface area contributed by atoms with E-state index in [-0.39, 0.29) is 11.7 Å². The van der Waals surface area contributed by atoms with Crippen molar-refractivity contribution in [3.8, 4) is 0 Å². The van der Waals surface area contributed by atoms with E-state index in [2.05, 4.69) is 4.98 Å². The largest absolute Gasteiger partial charge is 0.293 e. The Labute approximate surface area is 117 Å². The van der Waals surface area contributed by atoms with Crippen LogP contribution in [0, 0.1) is 6.92 Å². The van der Waals surface area contributed by atoms with E-state index in [4.69, 9.17) is 11.6 Å². The van der Waals surface area contributed by atoms with Gasteiger partial charge in [-0.15, -0.1) is 0 Å². The molecule has 0 bridgehead atoms. The Morgan fingerprint density at radius 2 is 2.21 bits per heavy atom. The Morgan fingerprint density at radius 1 is 1.37 bits per heavy atom. The van der Waals surface area contributed by atoms with Crippen LogP contribution in [0.5, 0.6) is 0 Å². The summed E-state index contributed by atoms with van der Waals surface area (Å²) in [5.41, 5.74) is 3.77. The molecule has 3 rings (SSSR count). The molecule has 0 amide bonds. The molecule has 19 heavy (non-hydrogen) atoms. The number of pyridine rings is 1. The fourth-order valence-corrected chi connectivity index (χ4v) is 3.00. The summed E-state index contributed by atoms with van der Waals surface area (Å²) in [5.74, 6) is -0.0566. The second kappa shape index (κ2) is 4.78. The van der Waals surface area contributed by atoms with Crippen LogP contribution in [-0.4, -0.2) is 10.8 Å². The molecule has 0 fully saturated rings. The highest BCUT2D eigenvalue weighted by Gasteiger charge is 2.31. The predicted octanol–water partition coefficient (Wildman–Crippen LogP) is 3.96. The third-order valence-corrected chi connectivity index (χ3v) is 3.98. The fourth-order valence-electron chi connectivity index (χ4n) is 2.68. The zero-order valence-electron chi connectivity index (χ0n) is 10.7. The Kier molecular flexibility index (Phi) is 3.11. The van der Waals surface area contributed by atoms with Gasteiger partial charge in [0.1, 0.15) is 0 Å². The second-order valence-corrected chi connectivity index (χ2v) is 5.39. The van der Waals surface area contributed by atoms with E-state index < -0.39 is 0 Å². The molecule has 1 heterocycles. The van der Waals surface area contributed by atoms with E-state index in [1.165, 1.54) is 5.56 Å². The number of hydrogen-bond donors (Lipinski definition) is 0. The number of aromatic nitrogens is 1. The zero-order valence-corrected chi connectivity index (χ0v) is 11.4. The van der Waals surface area contributed by atoms with E-state index >= 15 is 0 Å². The molecule has 2 aromatic rings. The van der Waals surface area contributed by atoms with Crippen LogP contribution in [0.15, 0.2) is 36.5 Å². The number of rotatable bonds is 2. The van der Waals surface area contributed by atoms with E-state index in [1.807, 2.05) is 37.3 Å². The number of carbonyl (C=O) groups excluding carboxylic acids is 1. The minimum absolute atomic E-state index is 0.0856. The number of nitrogens with zero attached hydrogens (tertiary/aromatic N) is 1. The van der Waals surface area contributed by atoms with Crippen molar-refractivity contribution < 1.29 is 4.79 Å². The topological polar surface area (TPSA) is 30.0 Å². The first-order chi connectivity index (χ1) is 9.16. The van der Waals surface area contributed by atoms with Crippen LogP contribution in [0.3, 0.4) is 0 Å². The summed E-state index contributed by atoms with van der Waals surface area (Å²) >= 11 is 6.19. The molecular formula is C16H14ClNO. The van der Waals surface area contributed by atoms with Crippen molar-refractivity contribution in [1.82, 2.24) is 4.98 Å². The fraction of sp³-hybridized carbons (Fsp3) is 0.250. The van der Waals surface area contributed by atoms with E-state index in [1.54, 1.807) is 6.20 Å². The molecular weight excluding hydrogens is 258 g/mol. The Morgan fingerprint density at radius 3 is 3.00 bits per heavy atom. The Balaban J connectivity index is 1.98. The van der Waals surface area contributed by atoms with Gasteiger partial charge in [0.2, 0.25) is 0 Å². The molecule has 1 unspecified atom stereocenters. The smallest absolute Gasteiger partial charge is 0.173 e. The molecule has 96 valence electrons. The lowest BCUT2D eigenvalue weighted by Gasteiger charge is -2.11. The van der Waals surface area contributed by atoms with E-state index in [0.717, 1.165) is 24.1 Å². The highest BCUT2D eigenvalue weighted by atomic mass is 35.5. The molecule has 3 heteroatoms. The molecule has 1 aliphatic rings. The first kappa shape index (κ1) is 12.4. The summed E-state index contributed by atoms with van der Waals surface area (Å²) in [7, 11) is 0. The highest BCUT2D eigenvalue weighted by Crippen LogP contribution is 2.35. The summed E-state index contributed by atoms with van der Waals surface area (Å²) in [6.07, 6.45) is 3.50. The van der Waals surface area contributed by atoms with Crippen LogP contribution in [0.2, 0.25) is 5.02 Å². The summed E-state index contributed by atoms with van der Waals surface area (Å²) in [6, 6.07) is 9.55. The molecule has 1 aromatic heterocycles. The van der Waals surface area contributed by atoms with Crippen molar-refractivity contribution in [3.63, 3.8) is 0 Å². The van der Waals surface area contributed by atoms with Crippen molar-refractivity contribution in [2.75, 3.05) is 0 Å². The molecule has 1 aromatic carbocycles. The number of halogens is 1. The molecule has 0 N–H and O–H groups in total. The van der Waals surface area contributed by atoms with Gasteiger partial charge in [-0.3, -0.25) is 9.78 Å². The van der Waals surface area contributed by atoms with Gasteiger partial charge in [-0.05, 0) is 49.1 Å². The minimum atomic E-state index is -0.142. The highest BCUT2D eigenvalue weighted by molar-refractivity contribution is 6.34. The van der Waals surface area contributed by atoms with Gasteiger partial charge in [0.15, 0.2) is 5.78 Å². The summed E-state index contributed by atoms with van der Waals surface area (Å²) < 4.78 is 0. The average molecular weight is 272 g/mol. The normalized spacial score (nSPS) is 17.3. The Hall–Kier alpha value is -1.67. The summed E-state index contributed by atoms with van der Waals surface area (Å²) in [5, 5.41) is 0.536. The minimum Gasteiger partial charge on any atom is -0.293 e. The number of aryl methyl sites for hydroxylation is 2. The molecule has 0 saturated carbocycles.